The molecule has 2 aromatic rings. The van der Waals surface area contributed by atoms with Crippen LogP contribution in [0.1, 0.15) is 20.3 Å². The van der Waals surface area contributed by atoms with Crippen molar-refractivity contribution in [3.05, 3.63) is 36.7 Å². The first-order chi connectivity index (χ1) is 12.2. The predicted octanol–water partition coefficient (Wildman–Crippen LogP) is 3.21. The Morgan fingerprint density at radius 3 is 2.92 bits per heavy atom. The zero-order chi connectivity index (χ0) is 17.6. The van der Waals surface area contributed by atoms with Crippen molar-refractivity contribution in [2.75, 3.05) is 37.0 Å². The molecule has 1 fully saturated rings. The van der Waals surface area contributed by atoms with Gasteiger partial charge in [0.15, 0.2) is 5.82 Å². The molecule has 0 saturated carbocycles. The van der Waals surface area contributed by atoms with E-state index in [1.807, 2.05) is 26.0 Å². The Balaban J connectivity index is 1.57. The van der Waals surface area contributed by atoms with Crippen LogP contribution in [0.3, 0.4) is 0 Å². The van der Waals surface area contributed by atoms with Crippen LogP contribution in [0.25, 0.3) is 0 Å². The van der Waals surface area contributed by atoms with Gasteiger partial charge in [-0.3, -0.25) is 0 Å². The van der Waals surface area contributed by atoms with Gasteiger partial charge in [-0.25, -0.2) is 9.97 Å². The second-order valence-corrected chi connectivity index (χ2v) is 6.56. The molecule has 1 aliphatic heterocycles. The average Bonchev–Trinajstić information content (AvgIpc) is 3.09. The highest BCUT2D eigenvalue weighted by Gasteiger charge is 2.23. The molecule has 0 radical (unpaired) electrons. The fourth-order valence-corrected chi connectivity index (χ4v) is 3.04. The number of nitrogens with one attached hydrogen (secondary N) is 1. The highest BCUT2D eigenvalue weighted by molar-refractivity contribution is 5.51. The second-order valence-electron chi connectivity index (χ2n) is 6.56. The Labute approximate surface area is 149 Å². The maximum Gasteiger partial charge on any atom is 0.257 e. The lowest BCUT2D eigenvalue weighted by Gasteiger charge is -2.20. The zero-order valence-electron chi connectivity index (χ0n) is 15.1. The number of methoxy groups -OCH3 is 1. The van der Waals surface area contributed by atoms with E-state index in [2.05, 4.69) is 32.3 Å². The van der Waals surface area contributed by atoms with Crippen LogP contribution < -0.4 is 19.7 Å². The summed E-state index contributed by atoms with van der Waals surface area (Å²) in [4.78, 5) is 11.0. The summed E-state index contributed by atoms with van der Waals surface area (Å²) in [5, 5.41) is 3.41. The summed E-state index contributed by atoms with van der Waals surface area (Å²) >= 11 is 0. The Kier molecular flexibility index (Phi) is 5.58. The Morgan fingerprint density at radius 2 is 2.12 bits per heavy atom. The number of hydrogen-bond donors (Lipinski definition) is 1. The summed E-state index contributed by atoms with van der Waals surface area (Å²) < 4.78 is 11.0. The largest absolute Gasteiger partial charge is 0.497 e. The average molecular weight is 342 g/mol. The normalized spacial score (nSPS) is 17.0. The van der Waals surface area contributed by atoms with Gasteiger partial charge in [0.2, 0.25) is 0 Å². The van der Waals surface area contributed by atoms with E-state index in [-0.39, 0.29) is 6.10 Å². The number of anilines is 2. The van der Waals surface area contributed by atoms with Crippen molar-refractivity contribution in [2.24, 2.45) is 5.92 Å². The third kappa shape index (κ3) is 4.53. The molecule has 1 aromatic heterocycles. The first-order valence-corrected chi connectivity index (χ1v) is 8.76. The number of nitrogens with zero attached hydrogens (tertiary/aromatic N) is 3. The van der Waals surface area contributed by atoms with Crippen LogP contribution in [-0.2, 0) is 0 Å². The molecular weight excluding hydrogens is 316 g/mol. The van der Waals surface area contributed by atoms with E-state index in [0.29, 0.717) is 11.8 Å². The summed E-state index contributed by atoms with van der Waals surface area (Å²) in [6.07, 6.45) is 4.56. The second kappa shape index (κ2) is 8.05. The molecule has 0 aliphatic carbocycles. The summed E-state index contributed by atoms with van der Waals surface area (Å²) in [6, 6.07) is 8.24. The van der Waals surface area contributed by atoms with Crippen LogP contribution >= 0.6 is 0 Å². The Morgan fingerprint density at radius 1 is 1.28 bits per heavy atom. The maximum atomic E-state index is 5.72. The van der Waals surface area contributed by atoms with Crippen molar-refractivity contribution in [1.82, 2.24) is 9.97 Å². The molecule has 1 atom stereocenters. The molecule has 1 unspecified atom stereocenters. The lowest BCUT2D eigenvalue weighted by Crippen LogP contribution is -2.23. The molecule has 0 spiro atoms. The monoisotopic (exact) mass is 342 g/mol. The lowest BCUT2D eigenvalue weighted by atomic mass is 10.1. The van der Waals surface area contributed by atoms with Gasteiger partial charge < -0.3 is 19.7 Å². The number of ether oxygens (including phenoxy) is 2. The van der Waals surface area contributed by atoms with Crippen LogP contribution in [0, 0.1) is 5.92 Å². The van der Waals surface area contributed by atoms with Crippen LogP contribution in [0.2, 0.25) is 0 Å². The van der Waals surface area contributed by atoms with Gasteiger partial charge in [0, 0.05) is 43.8 Å². The van der Waals surface area contributed by atoms with Crippen molar-refractivity contribution in [3.8, 4) is 11.6 Å². The molecule has 1 N–H and O–H groups in total. The van der Waals surface area contributed by atoms with Crippen LogP contribution in [0.5, 0.6) is 11.6 Å². The van der Waals surface area contributed by atoms with Crippen LogP contribution in [-0.4, -0.2) is 42.8 Å². The molecule has 1 aliphatic rings. The van der Waals surface area contributed by atoms with Gasteiger partial charge in [-0.1, -0.05) is 6.07 Å². The van der Waals surface area contributed by atoms with Gasteiger partial charge in [0.05, 0.1) is 13.2 Å². The van der Waals surface area contributed by atoms with Crippen molar-refractivity contribution < 1.29 is 9.47 Å². The Bertz CT molecular complexity index is 693. The first kappa shape index (κ1) is 17.3. The van der Waals surface area contributed by atoms with E-state index in [1.165, 1.54) is 5.69 Å². The standard InChI is InChI=1S/C19H26N4O2/c1-14(2)25-19-18(20-8-9-21-19)22-12-15-7-10-23(13-15)16-5-4-6-17(11-16)24-3/h4-6,8-9,11,14-15H,7,10,12-13H2,1-3H3,(H,20,22). The van der Waals surface area contributed by atoms with Crippen LogP contribution in [0.15, 0.2) is 36.7 Å². The van der Waals surface area contributed by atoms with E-state index >= 15 is 0 Å². The van der Waals surface area contributed by atoms with E-state index in [9.17, 15) is 0 Å². The molecule has 6 heteroatoms. The highest BCUT2D eigenvalue weighted by atomic mass is 16.5. The van der Waals surface area contributed by atoms with Gasteiger partial charge in [-0.2, -0.15) is 0 Å². The van der Waals surface area contributed by atoms with Crippen molar-refractivity contribution in [3.63, 3.8) is 0 Å². The lowest BCUT2D eigenvalue weighted by molar-refractivity contribution is 0.233. The van der Waals surface area contributed by atoms with Crippen LogP contribution in [0.4, 0.5) is 11.5 Å². The molecule has 0 amide bonds. The summed E-state index contributed by atoms with van der Waals surface area (Å²) in [5.41, 5.74) is 1.21. The highest BCUT2D eigenvalue weighted by Crippen LogP contribution is 2.27. The van der Waals surface area contributed by atoms with Crippen molar-refractivity contribution >= 4 is 11.5 Å². The molecule has 25 heavy (non-hydrogen) atoms. The minimum Gasteiger partial charge on any atom is -0.497 e. The fourth-order valence-electron chi connectivity index (χ4n) is 3.04. The van der Waals surface area contributed by atoms with Gasteiger partial charge in [-0.05, 0) is 38.3 Å². The molecule has 1 aromatic carbocycles. The minimum atomic E-state index is 0.0762. The molecular formula is C19H26N4O2. The predicted molar refractivity (Wildman–Crippen MR) is 99.6 cm³/mol. The fraction of sp³-hybridized carbons (Fsp3) is 0.474. The van der Waals surface area contributed by atoms with Gasteiger partial charge >= 0.3 is 0 Å². The number of hydrogen-bond acceptors (Lipinski definition) is 6. The van der Waals surface area contributed by atoms with Gasteiger partial charge in [0.25, 0.3) is 5.88 Å². The molecule has 3 rings (SSSR count). The Hall–Kier alpha value is -2.50. The summed E-state index contributed by atoms with van der Waals surface area (Å²) in [6.45, 7) is 6.90. The zero-order valence-corrected chi connectivity index (χ0v) is 15.1. The third-order valence-corrected chi connectivity index (χ3v) is 4.27. The molecule has 134 valence electrons. The van der Waals surface area contributed by atoms with Crippen molar-refractivity contribution in [1.29, 1.82) is 0 Å². The van der Waals surface area contributed by atoms with E-state index < -0.39 is 0 Å². The van der Waals surface area contributed by atoms with E-state index in [1.54, 1.807) is 19.5 Å². The minimum absolute atomic E-state index is 0.0762. The third-order valence-electron chi connectivity index (χ3n) is 4.27. The molecule has 6 nitrogen and oxygen atoms in total. The van der Waals surface area contributed by atoms with E-state index in [4.69, 9.17) is 9.47 Å². The number of benzene rings is 1. The SMILES string of the molecule is COc1cccc(N2CCC(CNc3nccnc3OC(C)C)C2)c1. The maximum absolute atomic E-state index is 5.72. The van der Waals surface area contributed by atoms with E-state index in [0.717, 1.165) is 37.6 Å². The summed E-state index contributed by atoms with van der Waals surface area (Å²) in [5.74, 6) is 2.74. The van der Waals surface area contributed by atoms with Gasteiger partial charge in [-0.15, -0.1) is 0 Å². The number of rotatable bonds is 7. The molecule has 0 bridgehead atoms. The molecule has 2 heterocycles. The van der Waals surface area contributed by atoms with Crippen molar-refractivity contribution in [2.45, 2.75) is 26.4 Å². The number of aromatic nitrogens is 2. The van der Waals surface area contributed by atoms with Gasteiger partial charge in [0.1, 0.15) is 5.75 Å². The topological polar surface area (TPSA) is 59.5 Å². The quantitative estimate of drug-likeness (QED) is 0.834. The summed E-state index contributed by atoms with van der Waals surface area (Å²) in [7, 11) is 1.70. The molecule has 1 saturated heterocycles. The smallest absolute Gasteiger partial charge is 0.257 e. The first-order valence-electron chi connectivity index (χ1n) is 8.76.